The SMILES string of the molecule is CCCCC(CCC)C(CCC)C(CCC)C(CCC)C(O)(CCCC)C(=O)c1ccccc1. The Morgan fingerprint density at radius 2 is 1.26 bits per heavy atom. The summed E-state index contributed by atoms with van der Waals surface area (Å²) in [5.41, 5.74) is -0.610. The van der Waals surface area contributed by atoms with Gasteiger partial charge in [-0.3, -0.25) is 4.79 Å². The van der Waals surface area contributed by atoms with Gasteiger partial charge in [-0.1, -0.05) is 149 Å². The average Bonchev–Trinajstić information content (AvgIpc) is 2.86. The number of rotatable bonds is 20. The Morgan fingerprint density at radius 3 is 1.79 bits per heavy atom. The second-order valence-corrected chi connectivity index (χ2v) is 10.7. The fourth-order valence-corrected chi connectivity index (χ4v) is 6.46. The molecular weight excluding hydrogens is 416 g/mol. The van der Waals surface area contributed by atoms with Crippen LogP contribution in [-0.4, -0.2) is 16.5 Å². The highest BCUT2D eigenvalue weighted by Gasteiger charge is 2.48. The van der Waals surface area contributed by atoms with E-state index in [1.165, 1.54) is 44.9 Å². The molecule has 5 atom stereocenters. The van der Waals surface area contributed by atoms with E-state index in [1.807, 2.05) is 30.3 Å². The maximum Gasteiger partial charge on any atom is 0.194 e. The van der Waals surface area contributed by atoms with Crippen molar-refractivity contribution < 1.29 is 9.90 Å². The first kappa shape index (κ1) is 30.9. The Kier molecular flexibility index (Phi) is 15.7. The van der Waals surface area contributed by atoms with Gasteiger partial charge < -0.3 is 5.11 Å². The van der Waals surface area contributed by atoms with Crippen LogP contribution in [0.4, 0.5) is 0 Å². The number of carbonyl (C=O) groups is 1. The quantitative estimate of drug-likeness (QED) is 0.192. The second-order valence-electron chi connectivity index (χ2n) is 10.7. The highest BCUT2D eigenvalue weighted by Crippen LogP contribution is 2.46. The van der Waals surface area contributed by atoms with Crippen LogP contribution in [0.5, 0.6) is 0 Å². The number of Topliss-reactive ketones (excluding diaryl/α,β-unsaturated/α-hetero) is 1. The van der Waals surface area contributed by atoms with Crippen molar-refractivity contribution in [1.29, 1.82) is 0 Å². The van der Waals surface area contributed by atoms with Gasteiger partial charge in [0.2, 0.25) is 0 Å². The normalized spacial score (nSPS) is 17.0. The molecule has 0 fully saturated rings. The van der Waals surface area contributed by atoms with Crippen molar-refractivity contribution in [3.05, 3.63) is 35.9 Å². The molecule has 1 N–H and O–H groups in total. The van der Waals surface area contributed by atoms with Gasteiger partial charge in [0, 0.05) is 5.56 Å². The summed E-state index contributed by atoms with van der Waals surface area (Å²) in [4.78, 5) is 14.0. The van der Waals surface area contributed by atoms with E-state index in [-0.39, 0.29) is 11.7 Å². The predicted molar refractivity (Wildman–Crippen MR) is 148 cm³/mol. The molecule has 34 heavy (non-hydrogen) atoms. The third kappa shape index (κ3) is 8.81. The number of ketones is 1. The maximum absolute atomic E-state index is 14.0. The fraction of sp³-hybridized carbons (Fsp3) is 0.781. The first-order chi connectivity index (χ1) is 16.4. The van der Waals surface area contributed by atoms with Gasteiger partial charge in [0.05, 0.1) is 0 Å². The minimum absolute atomic E-state index is 0.0224. The summed E-state index contributed by atoms with van der Waals surface area (Å²) >= 11 is 0. The topological polar surface area (TPSA) is 37.3 Å². The third-order valence-corrected chi connectivity index (χ3v) is 8.06. The first-order valence-corrected chi connectivity index (χ1v) is 14.8. The monoisotopic (exact) mass is 472 g/mol. The summed E-state index contributed by atoms with van der Waals surface area (Å²) in [6.07, 6.45) is 15.3. The summed E-state index contributed by atoms with van der Waals surface area (Å²) in [6.45, 7) is 13.6. The van der Waals surface area contributed by atoms with E-state index in [9.17, 15) is 9.90 Å². The molecule has 1 aromatic carbocycles. The molecule has 1 aromatic rings. The number of hydrogen-bond acceptors (Lipinski definition) is 2. The van der Waals surface area contributed by atoms with E-state index in [0.717, 1.165) is 38.5 Å². The van der Waals surface area contributed by atoms with Gasteiger partial charge >= 0.3 is 0 Å². The summed E-state index contributed by atoms with van der Waals surface area (Å²) in [5.74, 6) is 1.66. The summed E-state index contributed by atoms with van der Waals surface area (Å²) in [5, 5.41) is 12.4. The molecule has 2 nitrogen and oxygen atoms in total. The molecule has 0 heterocycles. The fourth-order valence-electron chi connectivity index (χ4n) is 6.46. The number of unbranched alkanes of at least 4 members (excludes halogenated alkanes) is 2. The molecule has 0 aromatic heterocycles. The zero-order valence-corrected chi connectivity index (χ0v) is 23.5. The van der Waals surface area contributed by atoms with E-state index in [1.54, 1.807) is 0 Å². The van der Waals surface area contributed by atoms with Crippen molar-refractivity contribution in [2.45, 2.75) is 137 Å². The summed E-state index contributed by atoms with van der Waals surface area (Å²) < 4.78 is 0. The van der Waals surface area contributed by atoms with Crippen molar-refractivity contribution in [3.8, 4) is 0 Å². The molecular formula is C32H56O2. The van der Waals surface area contributed by atoms with E-state index in [4.69, 9.17) is 0 Å². The van der Waals surface area contributed by atoms with Gasteiger partial charge in [0.25, 0.3) is 0 Å². The number of carbonyl (C=O) groups excluding carboxylic acids is 1. The van der Waals surface area contributed by atoms with E-state index in [2.05, 4.69) is 41.5 Å². The van der Waals surface area contributed by atoms with E-state index in [0.29, 0.717) is 29.7 Å². The van der Waals surface area contributed by atoms with Crippen LogP contribution in [0.15, 0.2) is 30.3 Å². The lowest BCUT2D eigenvalue weighted by Crippen LogP contribution is -2.51. The number of aliphatic hydroxyl groups is 1. The van der Waals surface area contributed by atoms with Gasteiger partial charge in [0.15, 0.2) is 5.78 Å². The highest BCUT2D eigenvalue weighted by molar-refractivity contribution is 6.02. The van der Waals surface area contributed by atoms with Crippen molar-refractivity contribution in [3.63, 3.8) is 0 Å². The molecule has 0 saturated heterocycles. The van der Waals surface area contributed by atoms with Gasteiger partial charge in [-0.25, -0.2) is 0 Å². The van der Waals surface area contributed by atoms with Crippen molar-refractivity contribution in [2.24, 2.45) is 23.7 Å². The van der Waals surface area contributed by atoms with Crippen LogP contribution in [-0.2, 0) is 0 Å². The van der Waals surface area contributed by atoms with E-state index >= 15 is 0 Å². The minimum Gasteiger partial charge on any atom is -0.381 e. The van der Waals surface area contributed by atoms with Gasteiger partial charge in [-0.05, 0) is 36.5 Å². The Hall–Kier alpha value is -1.15. The molecule has 0 bridgehead atoms. The third-order valence-electron chi connectivity index (χ3n) is 8.06. The predicted octanol–water partition coefficient (Wildman–Crippen LogP) is 9.65. The van der Waals surface area contributed by atoms with Crippen LogP contribution in [0.3, 0.4) is 0 Å². The Balaban J connectivity index is 3.56. The highest BCUT2D eigenvalue weighted by atomic mass is 16.3. The molecule has 0 amide bonds. The van der Waals surface area contributed by atoms with Crippen molar-refractivity contribution >= 4 is 5.78 Å². The van der Waals surface area contributed by atoms with Crippen LogP contribution in [0, 0.1) is 23.7 Å². The van der Waals surface area contributed by atoms with Crippen LogP contribution >= 0.6 is 0 Å². The Labute approximate surface area is 212 Å². The number of benzene rings is 1. The van der Waals surface area contributed by atoms with Crippen molar-refractivity contribution in [2.75, 3.05) is 0 Å². The lowest BCUT2D eigenvalue weighted by Gasteiger charge is -2.45. The molecule has 0 spiro atoms. The lowest BCUT2D eigenvalue weighted by atomic mass is 9.61. The van der Waals surface area contributed by atoms with Gasteiger partial charge in [-0.2, -0.15) is 0 Å². The second kappa shape index (κ2) is 17.3. The zero-order valence-electron chi connectivity index (χ0n) is 23.5. The smallest absolute Gasteiger partial charge is 0.194 e. The van der Waals surface area contributed by atoms with Crippen LogP contribution in [0.2, 0.25) is 0 Å². The molecule has 0 radical (unpaired) electrons. The first-order valence-electron chi connectivity index (χ1n) is 14.8. The molecule has 0 saturated carbocycles. The largest absolute Gasteiger partial charge is 0.381 e. The average molecular weight is 473 g/mol. The number of hydrogen-bond donors (Lipinski definition) is 1. The molecule has 2 heteroatoms. The maximum atomic E-state index is 14.0. The molecule has 0 aliphatic rings. The van der Waals surface area contributed by atoms with Crippen LogP contribution in [0.1, 0.15) is 142 Å². The van der Waals surface area contributed by atoms with Crippen LogP contribution in [0.25, 0.3) is 0 Å². The molecule has 1 rings (SSSR count). The lowest BCUT2D eigenvalue weighted by molar-refractivity contribution is -0.0519. The molecule has 0 aliphatic carbocycles. The summed E-state index contributed by atoms with van der Waals surface area (Å²) in [6, 6.07) is 9.58. The van der Waals surface area contributed by atoms with E-state index < -0.39 is 5.60 Å². The van der Waals surface area contributed by atoms with Gasteiger partial charge in [-0.15, -0.1) is 0 Å². The van der Waals surface area contributed by atoms with Gasteiger partial charge in [0.1, 0.15) is 5.60 Å². The standard InChI is InChI=1S/C32H56O2/c1-7-13-22-26(18-9-3)28(19-10-4)29(20-11-5)30(21-12-6)32(34,25-14-8-2)31(33)27-23-16-15-17-24-27/h15-17,23-24,26,28-30,34H,7-14,18-22,25H2,1-6H3. The minimum atomic E-state index is -1.28. The molecule has 196 valence electrons. The Bertz CT molecular complexity index is 640. The Morgan fingerprint density at radius 1 is 0.706 bits per heavy atom. The molecule has 5 unspecified atom stereocenters. The molecule has 0 aliphatic heterocycles. The zero-order chi connectivity index (χ0) is 25.4. The summed E-state index contributed by atoms with van der Waals surface area (Å²) in [7, 11) is 0. The van der Waals surface area contributed by atoms with Crippen LogP contribution < -0.4 is 0 Å². The van der Waals surface area contributed by atoms with Crippen molar-refractivity contribution in [1.82, 2.24) is 0 Å².